The molecule has 19 heavy (non-hydrogen) atoms. The van der Waals surface area contributed by atoms with E-state index in [0.717, 1.165) is 29.4 Å². The summed E-state index contributed by atoms with van der Waals surface area (Å²) in [6, 6.07) is 5.84. The Bertz CT molecular complexity index is 599. The molecule has 1 aromatic carbocycles. The van der Waals surface area contributed by atoms with Crippen LogP contribution in [0.2, 0.25) is 0 Å². The third kappa shape index (κ3) is 2.63. The van der Waals surface area contributed by atoms with Crippen LogP contribution in [-0.2, 0) is 6.54 Å². The summed E-state index contributed by atoms with van der Waals surface area (Å²) < 4.78 is 1.98. The van der Waals surface area contributed by atoms with Crippen LogP contribution < -0.4 is 5.73 Å². The average molecular weight is 260 g/mol. The van der Waals surface area contributed by atoms with E-state index in [1.807, 2.05) is 16.8 Å². The van der Waals surface area contributed by atoms with Crippen molar-refractivity contribution < 1.29 is 9.90 Å². The standard InChI is InChI=1S/C15H20N2O2/c1-10(2)12-8-11-4-7-17(6-3-5-16)14(11)13(9-12)15(18)19/h4,7-10H,3,5-6,16H2,1-2H3,(H,18,19). The largest absolute Gasteiger partial charge is 0.478 e. The summed E-state index contributed by atoms with van der Waals surface area (Å²) in [6.07, 6.45) is 2.78. The van der Waals surface area contributed by atoms with Crippen LogP contribution in [0, 0.1) is 0 Å². The van der Waals surface area contributed by atoms with Crippen LogP contribution >= 0.6 is 0 Å². The number of carboxylic acid groups (broad SMARTS) is 1. The first-order chi connectivity index (χ1) is 9.04. The maximum atomic E-state index is 11.5. The van der Waals surface area contributed by atoms with Crippen LogP contribution in [0.5, 0.6) is 0 Å². The predicted molar refractivity (Wildman–Crippen MR) is 76.7 cm³/mol. The second-order valence-corrected chi connectivity index (χ2v) is 5.12. The van der Waals surface area contributed by atoms with Crippen LogP contribution in [-0.4, -0.2) is 22.2 Å². The Morgan fingerprint density at radius 3 is 2.74 bits per heavy atom. The molecule has 3 N–H and O–H groups in total. The fourth-order valence-corrected chi connectivity index (χ4v) is 2.32. The number of carbonyl (C=O) groups is 1. The number of aryl methyl sites for hydroxylation is 1. The normalized spacial score (nSPS) is 11.4. The Morgan fingerprint density at radius 1 is 1.42 bits per heavy atom. The molecule has 0 aliphatic heterocycles. The Balaban J connectivity index is 2.61. The maximum absolute atomic E-state index is 11.5. The van der Waals surface area contributed by atoms with Crippen molar-refractivity contribution in [2.24, 2.45) is 5.73 Å². The van der Waals surface area contributed by atoms with Gasteiger partial charge in [-0.15, -0.1) is 0 Å². The molecule has 2 aromatic rings. The number of nitrogens with zero attached hydrogens (tertiary/aromatic N) is 1. The van der Waals surface area contributed by atoms with Gasteiger partial charge in [0.15, 0.2) is 0 Å². The highest BCUT2D eigenvalue weighted by Gasteiger charge is 2.15. The van der Waals surface area contributed by atoms with Crippen molar-refractivity contribution in [2.45, 2.75) is 32.7 Å². The molecule has 4 heteroatoms. The van der Waals surface area contributed by atoms with E-state index in [-0.39, 0.29) is 0 Å². The zero-order valence-electron chi connectivity index (χ0n) is 11.4. The van der Waals surface area contributed by atoms with Crippen molar-refractivity contribution in [3.63, 3.8) is 0 Å². The lowest BCUT2D eigenvalue weighted by molar-refractivity contribution is 0.0698. The summed E-state index contributed by atoms with van der Waals surface area (Å²) in [4.78, 5) is 11.5. The molecule has 1 heterocycles. The number of rotatable bonds is 5. The molecule has 0 spiro atoms. The summed E-state index contributed by atoms with van der Waals surface area (Å²) in [7, 11) is 0. The molecule has 0 fully saturated rings. The highest BCUT2D eigenvalue weighted by atomic mass is 16.4. The lowest BCUT2D eigenvalue weighted by atomic mass is 9.98. The van der Waals surface area contributed by atoms with Gasteiger partial charge in [0.2, 0.25) is 0 Å². The van der Waals surface area contributed by atoms with E-state index in [4.69, 9.17) is 5.73 Å². The first kappa shape index (κ1) is 13.6. The van der Waals surface area contributed by atoms with E-state index < -0.39 is 5.97 Å². The number of aromatic carboxylic acids is 1. The first-order valence-electron chi connectivity index (χ1n) is 6.60. The van der Waals surface area contributed by atoms with E-state index in [1.165, 1.54) is 0 Å². The zero-order valence-corrected chi connectivity index (χ0v) is 11.4. The number of hydrogen-bond donors (Lipinski definition) is 2. The number of carboxylic acids is 1. The zero-order chi connectivity index (χ0) is 14.0. The molecule has 0 bridgehead atoms. The third-order valence-corrected chi connectivity index (χ3v) is 3.38. The van der Waals surface area contributed by atoms with Crippen LogP contribution in [0.4, 0.5) is 0 Å². The molecular formula is C15H20N2O2. The van der Waals surface area contributed by atoms with E-state index in [2.05, 4.69) is 19.9 Å². The van der Waals surface area contributed by atoms with Crippen molar-refractivity contribution >= 4 is 16.9 Å². The molecule has 0 atom stereocenters. The monoisotopic (exact) mass is 260 g/mol. The second kappa shape index (κ2) is 5.45. The van der Waals surface area contributed by atoms with Gasteiger partial charge in [-0.05, 0) is 42.6 Å². The molecule has 0 radical (unpaired) electrons. The molecule has 0 aliphatic rings. The molecule has 0 saturated heterocycles. The van der Waals surface area contributed by atoms with Gasteiger partial charge in [0.25, 0.3) is 0 Å². The number of hydrogen-bond acceptors (Lipinski definition) is 2. The minimum absolute atomic E-state index is 0.315. The SMILES string of the molecule is CC(C)c1cc(C(=O)O)c2c(ccn2CCCN)c1. The van der Waals surface area contributed by atoms with Gasteiger partial charge in [-0.3, -0.25) is 0 Å². The van der Waals surface area contributed by atoms with Gasteiger partial charge < -0.3 is 15.4 Å². The van der Waals surface area contributed by atoms with Gasteiger partial charge in [-0.25, -0.2) is 4.79 Å². The molecule has 1 aromatic heterocycles. The van der Waals surface area contributed by atoms with E-state index in [1.54, 1.807) is 6.07 Å². The van der Waals surface area contributed by atoms with Crippen molar-refractivity contribution in [1.82, 2.24) is 4.57 Å². The highest BCUT2D eigenvalue weighted by Crippen LogP contribution is 2.26. The van der Waals surface area contributed by atoms with Crippen LogP contribution in [0.1, 0.15) is 42.1 Å². The van der Waals surface area contributed by atoms with E-state index in [9.17, 15) is 9.90 Å². The van der Waals surface area contributed by atoms with Crippen molar-refractivity contribution in [3.05, 3.63) is 35.5 Å². The van der Waals surface area contributed by atoms with E-state index >= 15 is 0 Å². The van der Waals surface area contributed by atoms with Crippen molar-refractivity contribution in [1.29, 1.82) is 0 Å². The van der Waals surface area contributed by atoms with Crippen molar-refractivity contribution in [2.75, 3.05) is 6.54 Å². The Hall–Kier alpha value is -1.81. The molecule has 0 amide bonds. The number of benzene rings is 1. The van der Waals surface area contributed by atoms with Gasteiger partial charge in [0.1, 0.15) is 0 Å². The summed E-state index contributed by atoms with van der Waals surface area (Å²) in [5.41, 5.74) is 7.75. The highest BCUT2D eigenvalue weighted by molar-refractivity contribution is 6.02. The predicted octanol–water partition coefficient (Wildman–Crippen LogP) is 2.81. The Labute approximate surface area is 112 Å². The van der Waals surface area contributed by atoms with Crippen LogP contribution in [0.3, 0.4) is 0 Å². The van der Waals surface area contributed by atoms with Gasteiger partial charge in [0.05, 0.1) is 11.1 Å². The average Bonchev–Trinajstić information content (AvgIpc) is 2.77. The lowest BCUT2D eigenvalue weighted by Crippen LogP contribution is -2.08. The van der Waals surface area contributed by atoms with E-state index in [0.29, 0.717) is 18.0 Å². The van der Waals surface area contributed by atoms with Crippen molar-refractivity contribution in [3.8, 4) is 0 Å². The molecule has 4 nitrogen and oxygen atoms in total. The molecule has 0 aliphatic carbocycles. The van der Waals surface area contributed by atoms with Gasteiger partial charge in [-0.1, -0.05) is 13.8 Å². The fraction of sp³-hybridized carbons (Fsp3) is 0.400. The second-order valence-electron chi connectivity index (χ2n) is 5.12. The number of fused-ring (bicyclic) bond motifs is 1. The molecule has 2 rings (SSSR count). The maximum Gasteiger partial charge on any atom is 0.337 e. The van der Waals surface area contributed by atoms with Gasteiger partial charge in [0, 0.05) is 18.1 Å². The topological polar surface area (TPSA) is 68.2 Å². The Kier molecular flexibility index (Phi) is 3.90. The summed E-state index contributed by atoms with van der Waals surface area (Å²) in [6.45, 7) is 5.49. The quantitative estimate of drug-likeness (QED) is 0.868. The molecule has 0 unspecified atom stereocenters. The van der Waals surface area contributed by atoms with Gasteiger partial charge >= 0.3 is 5.97 Å². The minimum atomic E-state index is -0.875. The summed E-state index contributed by atoms with van der Waals surface area (Å²) in [5.74, 6) is -0.560. The molecule has 102 valence electrons. The number of nitrogens with two attached hydrogens (primary N) is 1. The van der Waals surface area contributed by atoms with Crippen LogP contribution in [0.25, 0.3) is 10.9 Å². The summed E-state index contributed by atoms with van der Waals surface area (Å²) >= 11 is 0. The summed E-state index contributed by atoms with van der Waals surface area (Å²) in [5, 5.41) is 10.4. The first-order valence-corrected chi connectivity index (χ1v) is 6.60. The smallest absolute Gasteiger partial charge is 0.337 e. The molecule has 0 saturated carbocycles. The van der Waals surface area contributed by atoms with Crippen LogP contribution in [0.15, 0.2) is 24.4 Å². The lowest BCUT2D eigenvalue weighted by Gasteiger charge is -2.11. The third-order valence-electron chi connectivity index (χ3n) is 3.38. The fourth-order valence-electron chi connectivity index (χ4n) is 2.32. The minimum Gasteiger partial charge on any atom is -0.478 e. The van der Waals surface area contributed by atoms with Gasteiger partial charge in [-0.2, -0.15) is 0 Å². The molecular weight excluding hydrogens is 240 g/mol. The Morgan fingerprint density at radius 2 is 2.16 bits per heavy atom. The number of aromatic nitrogens is 1.